The van der Waals surface area contributed by atoms with Gasteiger partial charge in [-0.15, -0.1) is 0 Å². The van der Waals surface area contributed by atoms with Gasteiger partial charge in [0.1, 0.15) is 11.4 Å². The Balaban J connectivity index is 1.83. The average Bonchev–Trinajstić information content (AvgIpc) is 2.97. The van der Waals surface area contributed by atoms with Gasteiger partial charge in [-0.2, -0.15) is 0 Å². The summed E-state index contributed by atoms with van der Waals surface area (Å²) in [6, 6.07) is 7.33. The predicted octanol–water partition coefficient (Wildman–Crippen LogP) is 2.11. The van der Waals surface area contributed by atoms with Crippen LogP contribution in [0.4, 0.5) is 0 Å². The summed E-state index contributed by atoms with van der Waals surface area (Å²) in [5.74, 6) is -0.725. The number of carbonyl (C=O) groups is 2. The van der Waals surface area contributed by atoms with Gasteiger partial charge in [-0.05, 0) is 37.1 Å². The number of hydrogen-bond acceptors (Lipinski definition) is 3. The largest absolute Gasteiger partial charge is 0.497 e. The number of rotatable bonds is 3. The highest BCUT2D eigenvalue weighted by atomic mass is 16.5. The zero-order chi connectivity index (χ0) is 15.7. The molecule has 1 aromatic heterocycles. The summed E-state index contributed by atoms with van der Waals surface area (Å²) in [4.78, 5) is 28.4. The molecule has 2 aromatic rings. The number of carboxylic acid groups (broad SMARTS) is 1. The van der Waals surface area contributed by atoms with E-state index in [-0.39, 0.29) is 12.5 Å². The second kappa shape index (κ2) is 5.71. The van der Waals surface area contributed by atoms with Crippen molar-refractivity contribution < 1.29 is 19.4 Å². The minimum absolute atomic E-state index is 0.152. The third kappa shape index (κ3) is 2.64. The Labute approximate surface area is 127 Å². The van der Waals surface area contributed by atoms with Crippen molar-refractivity contribution in [1.29, 1.82) is 0 Å². The quantitative estimate of drug-likeness (QED) is 0.909. The summed E-state index contributed by atoms with van der Waals surface area (Å²) in [5, 5.41) is 10.0. The third-order valence-electron chi connectivity index (χ3n) is 4.12. The van der Waals surface area contributed by atoms with Crippen molar-refractivity contribution in [1.82, 2.24) is 9.88 Å². The first-order valence-electron chi connectivity index (χ1n) is 7.27. The van der Waals surface area contributed by atoms with Crippen molar-refractivity contribution in [3.63, 3.8) is 0 Å². The molecule has 6 nitrogen and oxygen atoms in total. The highest BCUT2D eigenvalue weighted by Crippen LogP contribution is 2.24. The number of aliphatic carboxylic acids is 1. The van der Waals surface area contributed by atoms with Crippen LogP contribution in [0.15, 0.2) is 24.3 Å². The predicted molar refractivity (Wildman–Crippen MR) is 81.1 cm³/mol. The number of aromatic nitrogens is 1. The molecule has 1 fully saturated rings. The van der Waals surface area contributed by atoms with Gasteiger partial charge in [-0.1, -0.05) is 0 Å². The molecule has 3 rings (SSSR count). The molecule has 2 N–H and O–H groups in total. The first-order chi connectivity index (χ1) is 10.6. The van der Waals surface area contributed by atoms with Gasteiger partial charge >= 0.3 is 5.97 Å². The number of carbonyl (C=O) groups excluding carboxylic acids is 1. The lowest BCUT2D eigenvalue weighted by atomic mass is 9.98. The molecule has 1 atom stereocenters. The number of aromatic amines is 1. The lowest BCUT2D eigenvalue weighted by molar-refractivity contribution is -0.143. The Hall–Kier alpha value is -2.50. The van der Waals surface area contributed by atoms with Crippen molar-refractivity contribution in [2.75, 3.05) is 20.2 Å². The molecule has 0 saturated carbocycles. The summed E-state index contributed by atoms with van der Waals surface area (Å²) in [7, 11) is 1.60. The van der Waals surface area contributed by atoms with Crippen LogP contribution in [-0.4, -0.2) is 47.1 Å². The summed E-state index contributed by atoms with van der Waals surface area (Å²) >= 11 is 0. The molecule has 1 aromatic carbocycles. The van der Waals surface area contributed by atoms with Gasteiger partial charge in [-0.25, -0.2) is 0 Å². The molecule has 2 heterocycles. The number of benzene rings is 1. The Morgan fingerprint density at radius 3 is 2.91 bits per heavy atom. The molecule has 0 spiro atoms. The SMILES string of the molecule is COc1ccc2[nH]c(C(=O)N3CCC[C@H](C(=O)O)C3)cc2c1. The molecule has 0 bridgehead atoms. The van der Waals surface area contributed by atoms with E-state index < -0.39 is 11.9 Å². The first-order valence-corrected chi connectivity index (χ1v) is 7.27. The fraction of sp³-hybridized carbons (Fsp3) is 0.375. The smallest absolute Gasteiger partial charge is 0.308 e. The number of methoxy groups -OCH3 is 1. The van der Waals surface area contributed by atoms with Gasteiger partial charge in [0, 0.05) is 24.0 Å². The van der Waals surface area contributed by atoms with Crippen molar-refractivity contribution in [2.24, 2.45) is 5.92 Å². The number of carboxylic acids is 1. The number of nitrogens with one attached hydrogen (secondary N) is 1. The molecule has 0 unspecified atom stereocenters. The highest BCUT2D eigenvalue weighted by molar-refractivity contribution is 5.98. The van der Waals surface area contributed by atoms with Crippen molar-refractivity contribution in [3.05, 3.63) is 30.0 Å². The van der Waals surface area contributed by atoms with Gasteiger partial charge in [0.2, 0.25) is 0 Å². The topological polar surface area (TPSA) is 82.6 Å². The average molecular weight is 302 g/mol. The minimum atomic E-state index is -0.834. The molecule has 0 aliphatic carbocycles. The monoisotopic (exact) mass is 302 g/mol. The van der Waals surface area contributed by atoms with E-state index in [1.54, 1.807) is 18.1 Å². The fourth-order valence-corrected chi connectivity index (χ4v) is 2.89. The van der Waals surface area contributed by atoms with E-state index in [1.165, 1.54) is 0 Å². The maximum Gasteiger partial charge on any atom is 0.308 e. The van der Waals surface area contributed by atoms with Crippen LogP contribution in [0.25, 0.3) is 10.9 Å². The third-order valence-corrected chi connectivity index (χ3v) is 4.12. The number of likely N-dealkylation sites (tertiary alicyclic amines) is 1. The molecule has 1 aliphatic heterocycles. The normalized spacial score (nSPS) is 18.4. The van der Waals surface area contributed by atoms with Crippen LogP contribution in [0.2, 0.25) is 0 Å². The van der Waals surface area contributed by atoms with Gasteiger partial charge < -0.3 is 19.7 Å². The molecule has 1 saturated heterocycles. The zero-order valence-corrected chi connectivity index (χ0v) is 12.3. The number of piperidine rings is 1. The fourth-order valence-electron chi connectivity index (χ4n) is 2.89. The number of amides is 1. The minimum Gasteiger partial charge on any atom is -0.497 e. The van der Waals surface area contributed by atoms with Crippen LogP contribution < -0.4 is 4.74 Å². The summed E-state index contributed by atoms with van der Waals surface area (Å²) in [5.41, 5.74) is 1.34. The lowest BCUT2D eigenvalue weighted by Crippen LogP contribution is -2.42. The molecule has 116 valence electrons. The van der Waals surface area contributed by atoms with E-state index in [0.29, 0.717) is 18.7 Å². The second-order valence-electron chi connectivity index (χ2n) is 5.56. The van der Waals surface area contributed by atoms with Crippen LogP contribution in [0.1, 0.15) is 23.3 Å². The molecule has 22 heavy (non-hydrogen) atoms. The number of fused-ring (bicyclic) bond motifs is 1. The van der Waals surface area contributed by atoms with Crippen LogP contribution in [-0.2, 0) is 4.79 Å². The Morgan fingerprint density at radius 1 is 1.36 bits per heavy atom. The first kappa shape index (κ1) is 14.4. The number of H-pyrrole nitrogens is 1. The van der Waals surface area contributed by atoms with E-state index in [2.05, 4.69) is 4.98 Å². The van der Waals surface area contributed by atoms with Gasteiger partial charge in [0.15, 0.2) is 0 Å². The molecule has 1 amide bonds. The van der Waals surface area contributed by atoms with Crippen LogP contribution >= 0.6 is 0 Å². The summed E-state index contributed by atoms with van der Waals surface area (Å²) in [6.07, 6.45) is 1.35. The van der Waals surface area contributed by atoms with Gasteiger partial charge in [-0.3, -0.25) is 9.59 Å². The summed E-state index contributed by atoms with van der Waals surface area (Å²) in [6.45, 7) is 0.869. The van der Waals surface area contributed by atoms with E-state index in [9.17, 15) is 9.59 Å². The maximum atomic E-state index is 12.6. The Kier molecular flexibility index (Phi) is 3.75. The van der Waals surface area contributed by atoms with Gasteiger partial charge in [0.25, 0.3) is 5.91 Å². The van der Waals surface area contributed by atoms with Crippen molar-refractivity contribution in [3.8, 4) is 5.75 Å². The highest BCUT2D eigenvalue weighted by Gasteiger charge is 2.29. The van der Waals surface area contributed by atoms with E-state index in [4.69, 9.17) is 9.84 Å². The number of hydrogen-bond donors (Lipinski definition) is 2. The van der Waals surface area contributed by atoms with E-state index in [1.807, 2.05) is 18.2 Å². The second-order valence-corrected chi connectivity index (χ2v) is 5.56. The van der Waals surface area contributed by atoms with Crippen LogP contribution in [0.3, 0.4) is 0 Å². The van der Waals surface area contributed by atoms with Gasteiger partial charge in [0.05, 0.1) is 13.0 Å². The van der Waals surface area contributed by atoms with Crippen molar-refractivity contribution in [2.45, 2.75) is 12.8 Å². The molecule has 6 heteroatoms. The molecule has 0 radical (unpaired) electrons. The number of nitrogens with zero attached hydrogens (tertiary/aromatic N) is 1. The molecular weight excluding hydrogens is 284 g/mol. The van der Waals surface area contributed by atoms with Crippen LogP contribution in [0, 0.1) is 5.92 Å². The Morgan fingerprint density at radius 2 is 2.18 bits per heavy atom. The molecule has 1 aliphatic rings. The standard InChI is InChI=1S/C16H18N2O4/c1-22-12-4-5-13-11(7-12)8-14(17-13)15(19)18-6-2-3-10(9-18)16(20)21/h4-5,7-8,10,17H,2-3,6,9H2,1H3,(H,20,21)/t10-/m0/s1. The van der Waals surface area contributed by atoms with E-state index >= 15 is 0 Å². The molecular formula is C16H18N2O4. The maximum absolute atomic E-state index is 12.6. The van der Waals surface area contributed by atoms with E-state index in [0.717, 1.165) is 23.1 Å². The Bertz CT molecular complexity index is 722. The summed E-state index contributed by atoms with van der Waals surface area (Å²) < 4.78 is 5.17. The van der Waals surface area contributed by atoms with Crippen LogP contribution in [0.5, 0.6) is 5.75 Å². The lowest BCUT2D eigenvalue weighted by Gasteiger charge is -2.30. The van der Waals surface area contributed by atoms with Crippen molar-refractivity contribution >= 4 is 22.8 Å². The zero-order valence-electron chi connectivity index (χ0n) is 12.3. The number of ether oxygens (including phenoxy) is 1.